The molecule has 2 N–H and O–H groups in total. The van der Waals surface area contributed by atoms with Crippen LogP contribution < -0.4 is 5.32 Å². The van der Waals surface area contributed by atoms with Crippen LogP contribution in [-0.2, 0) is 0 Å². The molecule has 0 aromatic heterocycles. The Bertz CT molecular complexity index is 1200. The molecule has 0 atom stereocenters. The Balaban J connectivity index is 1.61. The maximum atomic E-state index is 9.64. The smallest absolute Gasteiger partial charge is 0.118 e. The summed E-state index contributed by atoms with van der Waals surface area (Å²) in [5.41, 5.74) is 7.12. The van der Waals surface area contributed by atoms with Crippen molar-refractivity contribution >= 4 is 28.7 Å². The molecule has 0 aliphatic rings. The lowest BCUT2D eigenvalue weighted by Gasteiger charge is -2.13. The van der Waals surface area contributed by atoms with Gasteiger partial charge >= 0.3 is 0 Å². The zero-order valence-electron chi connectivity index (χ0n) is 16.5. The van der Waals surface area contributed by atoms with E-state index in [1.807, 2.05) is 79.7 Å². The van der Waals surface area contributed by atoms with Crippen molar-refractivity contribution in [2.75, 3.05) is 5.32 Å². The fraction of sp³-hybridized carbons (Fsp3) is 0.0385. The van der Waals surface area contributed by atoms with Crippen LogP contribution >= 0.6 is 11.6 Å². The van der Waals surface area contributed by atoms with E-state index in [4.69, 9.17) is 11.6 Å². The molecule has 30 heavy (non-hydrogen) atoms. The molecule has 148 valence electrons. The zero-order chi connectivity index (χ0) is 20.9. The summed E-state index contributed by atoms with van der Waals surface area (Å²) in [6.45, 7) is 1.98. The first-order valence-corrected chi connectivity index (χ1v) is 10.0. The predicted octanol–water partition coefficient (Wildman–Crippen LogP) is 7.29. The molecule has 0 heterocycles. The Morgan fingerprint density at radius 3 is 2.17 bits per heavy atom. The molecule has 4 heteroatoms. The molecule has 4 aromatic rings. The fourth-order valence-electron chi connectivity index (χ4n) is 3.45. The Morgan fingerprint density at radius 1 is 0.733 bits per heavy atom. The highest BCUT2D eigenvalue weighted by atomic mass is 35.5. The molecule has 0 spiro atoms. The van der Waals surface area contributed by atoms with Crippen molar-refractivity contribution < 1.29 is 5.21 Å². The van der Waals surface area contributed by atoms with Crippen molar-refractivity contribution in [2.24, 2.45) is 5.16 Å². The lowest BCUT2D eigenvalue weighted by molar-refractivity contribution is 0.319. The van der Waals surface area contributed by atoms with Gasteiger partial charge in [-0.1, -0.05) is 83.5 Å². The molecular formula is C26H21ClN2O. The third-order valence-electron chi connectivity index (χ3n) is 4.98. The molecule has 0 radical (unpaired) electrons. The van der Waals surface area contributed by atoms with Crippen LogP contribution in [0.25, 0.3) is 11.1 Å². The summed E-state index contributed by atoms with van der Waals surface area (Å²) in [4.78, 5) is 0. The standard InChI is InChI=1S/C26H21ClN2O/c1-18-8-5-6-13-23(18)26(29-30)24-15-14-22(17-25(24)27)28-21-12-7-11-20(16-21)19-9-3-2-4-10-19/h2-17,28,30H,1H3/b29-26-. The molecule has 0 saturated heterocycles. The van der Waals surface area contributed by atoms with Crippen molar-refractivity contribution in [3.8, 4) is 11.1 Å². The van der Waals surface area contributed by atoms with Gasteiger partial charge in [0.2, 0.25) is 0 Å². The van der Waals surface area contributed by atoms with E-state index in [1.165, 1.54) is 0 Å². The van der Waals surface area contributed by atoms with E-state index < -0.39 is 0 Å². The molecule has 0 saturated carbocycles. The summed E-state index contributed by atoms with van der Waals surface area (Å²) < 4.78 is 0. The normalized spacial score (nSPS) is 11.3. The predicted molar refractivity (Wildman–Crippen MR) is 125 cm³/mol. The van der Waals surface area contributed by atoms with Crippen LogP contribution in [0.3, 0.4) is 0 Å². The summed E-state index contributed by atoms with van der Waals surface area (Å²) in [5.74, 6) is 0. The number of nitrogens with zero attached hydrogens (tertiary/aromatic N) is 1. The monoisotopic (exact) mass is 412 g/mol. The molecule has 0 bridgehead atoms. The van der Waals surface area contributed by atoms with Crippen molar-refractivity contribution in [1.29, 1.82) is 0 Å². The first-order chi connectivity index (χ1) is 14.7. The van der Waals surface area contributed by atoms with Crippen molar-refractivity contribution in [1.82, 2.24) is 0 Å². The lowest BCUT2D eigenvalue weighted by Crippen LogP contribution is -2.06. The van der Waals surface area contributed by atoms with Crippen LogP contribution in [0, 0.1) is 6.92 Å². The van der Waals surface area contributed by atoms with Crippen LogP contribution in [0.4, 0.5) is 11.4 Å². The first-order valence-electron chi connectivity index (χ1n) is 9.66. The molecule has 0 aliphatic carbocycles. The van der Waals surface area contributed by atoms with E-state index in [-0.39, 0.29) is 0 Å². The zero-order valence-corrected chi connectivity index (χ0v) is 17.3. The molecule has 0 fully saturated rings. The summed E-state index contributed by atoms with van der Waals surface area (Å²) in [6, 6.07) is 31.9. The van der Waals surface area contributed by atoms with Gasteiger partial charge in [-0.2, -0.15) is 0 Å². The van der Waals surface area contributed by atoms with Crippen LogP contribution in [-0.4, -0.2) is 10.9 Å². The summed E-state index contributed by atoms with van der Waals surface area (Å²) in [7, 11) is 0. The molecular weight excluding hydrogens is 392 g/mol. The number of hydrogen-bond acceptors (Lipinski definition) is 3. The van der Waals surface area contributed by atoms with E-state index in [0.717, 1.165) is 33.6 Å². The molecule has 0 unspecified atom stereocenters. The minimum absolute atomic E-state index is 0.454. The van der Waals surface area contributed by atoms with Gasteiger partial charge in [-0.15, -0.1) is 0 Å². The van der Waals surface area contributed by atoms with Crippen LogP contribution in [0.2, 0.25) is 5.02 Å². The van der Waals surface area contributed by atoms with Gasteiger partial charge in [-0.3, -0.25) is 0 Å². The maximum absolute atomic E-state index is 9.64. The Hall–Kier alpha value is -3.56. The van der Waals surface area contributed by atoms with Gasteiger partial charge in [0.05, 0.1) is 5.02 Å². The fourth-order valence-corrected chi connectivity index (χ4v) is 3.72. The van der Waals surface area contributed by atoms with E-state index in [2.05, 4.69) is 34.7 Å². The third-order valence-corrected chi connectivity index (χ3v) is 5.30. The van der Waals surface area contributed by atoms with Gasteiger partial charge in [0.1, 0.15) is 5.71 Å². The highest BCUT2D eigenvalue weighted by Crippen LogP contribution is 2.29. The molecule has 4 rings (SSSR count). The Morgan fingerprint density at radius 2 is 1.43 bits per heavy atom. The summed E-state index contributed by atoms with van der Waals surface area (Å²) in [6.07, 6.45) is 0. The second kappa shape index (κ2) is 8.85. The van der Waals surface area contributed by atoms with Gasteiger partial charge in [0, 0.05) is 22.5 Å². The van der Waals surface area contributed by atoms with Gasteiger partial charge < -0.3 is 10.5 Å². The quantitative estimate of drug-likeness (QED) is 0.205. The first kappa shape index (κ1) is 19.7. The van der Waals surface area contributed by atoms with Gasteiger partial charge in [-0.05, 0) is 53.9 Å². The number of nitrogens with one attached hydrogen (secondary N) is 1. The second-order valence-corrected chi connectivity index (χ2v) is 7.44. The maximum Gasteiger partial charge on any atom is 0.118 e. The Labute approximate surface area is 181 Å². The van der Waals surface area contributed by atoms with Gasteiger partial charge in [0.15, 0.2) is 0 Å². The molecule has 3 nitrogen and oxygen atoms in total. The van der Waals surface area contributed by atoms with Crippen LogP contribution in [0.1, 0.15) is 16.7 Å². The second-order valence-electron chi connectivity index (χ2n) is 7.03. The minimum atomic E-state index is 0.454. The summed E-state index contributed by atoms with van der Waals surface area (Å²) in [5, 5.41) is 17.1. The number of oxime groups is 1. The molecule has 0 aliphatic heterocycles. The molecule has 4 aromatic carbocycles. The van der Waals surface area contributed by atoms with Crippen molar-refractivity contribution in [3.63, 3.8) is 0 Å². The number of hydrogen-bond donors (Lipinski definition) is 2. The number of benzene rings is 4. The molecule has 0 amide bonds. The third kappa shape index (κ3) is 4.22. The topological polar surface area (TPSA) is 44.6 Å². The van der Waals surface area contributed by atoms with E-state index in [9.17, 15) is 5.21 Å². The number of aryl methyl sites for hydroxylation is 1. The van der Waals surface area contributed by atoms with Gasteiger partial charge in [0.25, 0.3) is 0 Å². The highest BCUT2D eigenvalue weighted by molar-refractivity contribution is 6.35. The van der Waals surface area contributed by atoms with E-state index in [1.54, 1.807) is 0 Å². The largest absolute Gasteiger partial charge is 0.410 e. The summed E-state index contributed by atoms with van der Waals surface area (Å²) >= 11 is 6.57. The minimum Gasteiger partial charge on any atom is -0.410 e. The number of anilines is 2. The average molecular weight is 413 g/mol. The van der Waals surface area contributed by atoms with E-state index >= 15 is 0 Å². The number of halogens is 1. The van der Waals surface area contributed by atoms with Gasteiger partial charge in [-0.25, -0.2) is 0 Å². The lowest BCUT2D eigenvalue weighted by atomic mass is 9.98. The van der Waals surface area contributed by atoms with Crippen LogP contribution in [0.5, 0.6) is 0 Å². The van der Waals surface area contributed by atoms with E-state index in [0.29, 0.717) is 16.3 Å². The highest BCUT2D eigenvalue weighted by Gasteiger charge is 2.14. The van der Waals surface area contributed by atoms with Crippen molar-refractivity contribution in [2.45, 2.75) is 6.92 Å². The number of rotatable bonds is 5. The van der Waals surface area contributed by atoms with Crippen molar-refractivity contribution in [3.05, 3.63) is 119 Å². The average Bonchev–Trinajstić information content (AvgIpc) is 2.77. The Kier molecular flexibility index (Phi) is 5.82. The van der Waals surface area contributed by atoms with Crippen LogP contribution in [0.15, 0.2) is 102 Å². The SMILES string of the molecule is Cc1ccccc1/C(=N/O)c1ccc(Nc2cccc(-c3ccccc3)c2)cc1Cl.